The first-order chi connectivity index (χ1) is 9.45. The first kappa shape index (κ1) is 14.7. The van der Waals surface area contributed by atoms with Crippen LogP contribution < -0.4 is 11.3 Å². The molecule has 3 N–H and O–H groups in total. The van der Waals surface area contributed by atoms with Gasteiger partial charge in [-0.05, 0) is 25.9 Å². The summed E-state index contributed by atoms with van der Waals surface area (Å²) >= 11 is 0. The van der Waals surface area contributed by atoms with Crippen LogP contribution in [-0.2, 0) is 11.3 Å². The smallest absolute Gasteiger partial charge is 0.251 e. The zero-order valence-electron chi connectivity index (χ0n) is 12.1. The van der Waals surface area contributed by atoms with Gasteiger partial charge in [-0.2, -0.15) is 0 Å². The third-order valence-corrected chi connectivity index (χ3v) is 3.74. The van der Waals surface area contributed by atoms with Crippen LogP contribution in [0.5, 0.6) is 0 Å². The van der Waals surface area contributed by atoms with Crippen molar-refractivity contribution in [3.63, 3.8) is 0 Å². The van der Waals surface area contributed by atoms with Crippen LogP contribution in [0.2, 0.25) is 0 Å². The zero-order valence-corrected chi connectivity index (χ0v) is 12.1. The molecule has 2 rings (SSSR count). The van der Waals surface area contributed by atoms with E-state index in [4.69, 9.17) is 5.73 Å². The van der Waals surface area contributed by atoms with Gasteiger partial charge in [0, 0.05) is 24.4 Å². The summed E-state index contributed by atoms with van der Waals surface area (Å²) in [4.78, 5) is 32.2. The SMILES string of the molecule is CC(C)c1nc(CN2CCC(C(N)=O)CC2)cc(=O)[nH]1. The van der Waals surface area contributed by atoms with Crippen LogP contribution in [0.25, 0.3) is 0 Å². The van der Waals surface area contributed by atoms with Crippen molar-refractivity contribution in [3.05, 3.63) is 27.9 Å². The molecule has 0 bridgehead atoms. The van der Waals surface area contributed by atoms with Crippen LogP contribution in [-0.4, -0.2) is 33.9 Å². The molecule has 6 nitrogen and oxygen atoms in total. The van der Waals surface area contributed by atoms with E-state index >= 15 is 0 Å². The van der Waals surface area contributed by atoms with E-state index in [2.05, 4.69) is 14.9 Å². The Kier molecular flexibility index (Phi) is 4.54. The number of carbonyl (C=O) groups excluding carboxylic acids is 1. The molecule has 2 heterocycles. The number of nitrogens with zero attached hydrogens (tertiary/aromatic N) is 2. The predicted octanol–water partition coefficient (Wildman–Crippen LogP) is 0.591. The molecular weight excluding hydrogens is 256 g/mol. The topological polar surface area (TPSA) is 92.1 Å². The number of aromatic amines is 1. The highest BCUT2D eigenvalue weighted by molar-refractivity contribution is 5.76. The van der Waals surface area contributed by atoms with Gasteiger partial charge in [0.15, 0.2) is 0 Å². The van der Waals surface area contributed by atoms with Gasteiger partial charge in [0.2, 0.25) is 5.91 Å². The van der Waals surface area contributed by atoms with Crippen molar-refractivity contribution in [1.82, 2.24) is 14.9 Å². The van der Waals surface area contributed by atoms with E-state index in [1.807, 2.05) is 13.8 Å². The molecule has 1 aliphatic heterocycles. The van der Waals surface area contributed by atoms with Crippen LogP contribution in [0.1, 0.15) is 44.1 Å². The maximum Gasteiger partial charge on any atom is 0.251 e. The minimum absolute atomic E-state index is 0.00962. The van der Waals surface area contributed by atoms with Gasteiger partial charge in [0.1, 0.15) is 5.82 Å². The lowest BCUT2D eigenvalue weighted by molar-refractivity contribution is -0.123. The van der Waals surface area contributed by atoms with Crippen molar-refractivity contribution in [2.75, 3.05) is 13.1 Å². The number of carbonyl (C=O) groups is 1. The number of aromatic nitrogens is 2. The molecule has 1 aliphatic rings. The van der Waals surface area contributed by atoms with E-state index in [-0.39, 0.29) is 23.3 Å². The maximum absolute atomic E-state index is 11.6. The number of rotatable bonds is 4. The van der Waals surface area contributed by atoms with Crippen molar-refractivity contribution in [2.45, 2.75) is 39.2 Å². The van der Waals surface area contributed by atoms with Crippen LogP contribution in [0, 0.1) is 5.92 Å². The van der Waals surface area contributed by atoms with Crippen LogP contribution in [0.4, 0.5) is 0 Å². The predicted molar refractivity (Wildman–Crippen MR) is 76.1 cm³/mol. The summed E-state index contributed by atoms with van der Waals surface area (Å²) in [5, 5.41) is 0. The van der Waals surface area contributed by atoms with Crippen molar-refractivity contribution in [2.24, 2.45) is 11.7 Å². The largest absolute Gasteiger partial charge is 0.369 e. The number of nitrogens with two attached hydrogens (primary N) is 1. The van der Waals surface area contributed by atoms with Crippen LogP contribution in [0.15, 0.2) is 10.9 Å². The molecule has 1 aromatic heterocycles. The molecule has 0 atom stereocenters. The van der Waals surface area contributed by atoms with Gasteiger partial charge in [-0.15, -0.1) is 0 Å². The third-order valence-electron chi connectivity index (χ3n) is 3.74. The molecule has 0 aromatic carbocycles. The fraction of sp³-hybridized carbons (Fsp3) is 0.643. The number of piperidine rings is 1. The molecule has 0 saturated carbocycles. The molecule has 20 heavy (non-hydrogen) atoms. The van der Waals surface area contributed by atoms with E-state index in [1.54, 1.807) is 6.07 Å². The van der Waals surface area contributed by atoms with Crippen molar-refractivity contribution < 1.29 is 4.79 Å². The Bertz CT molecular complexity index is 530. The number of primary amides is 1. The first-order valence-corrected chi connectivity index (χ1v) is 7.07. The highest BCUT2D eigenvalue weighted by Crippen LogP contribution is 2.18. The third kappa shape index (κ3) is 3.66. The second-order valence-electron chi connectivity index (χ2n) is 5.73. The Morgan fingerprint density at radius 1 is 1.50 bits per heavy atom. The average molecular weight is 278 g/mol. The maximum atomic E-state index is 11.6. The number of nitrogens with one attached hydrogen (secondary N) is 1. The van der Waals surface area contributed by atoms with Crippen molar-refractivity contribution in [1.29, 1.82) is 0 Å². The Morgan fingerprint density at radius 3 is 2.70 bits per heavy atom. The van der Waals surface area contributed by atoms with Gasteiger partial charge in [-0.3, -0.25) is 14.5 Å². The number of hydrogen-bond acceptors (Lipinski definition) is 4. The van der Waals surface area contributed by atoms with Crippen LogP contribution >= 0.6 is 0 Å². The minimum atomic E-state index is -0.207. The Balaban J connectivity index is 2.01. The van der Waals surface area contributed by atoms with Gasteiger partial charge in [0.05, 0.1) is 5.69 Å². The molecule has 0 unspecified atom stereocenters. The fourth-order valence-corrected chi connectivity index (χ4v) is 2.49. The number of H-pyrrole nitrogens is 1. The Labute approximate surface area is 118 Å². The Hall–Kier alpha value is -1.69. The molecule has 1 aromatic rings. The lowest BCUT2D eigenvalue weighted by Crippen LogP contribution is -2.38. The van der Waals surface area contributed by atoms with Gasteiger partial charge in [-0.1, -0.05) is 13.8 Å². The quantitative estimate of drug-likeness (QED) is 0.843. The molecule has 0 spiro atoms. The first-order valence-electron chi connectivity index (χ1n) is 7.07. The van der Waals surface area contributed by atoms with E-state index in [0.717, 1.165) is 37.4 Å². The summed E-state index contributed by atoms with van der Waals surface area (Å²) in [5.41, 5.74) is 6.00. The standard InChI is InChI=1S/C14H22N4O2/c1-9(2)14-16-11(7-12(19)17-14)8-18-5-3-10(4-6-18)13(15)20/h7,9-10H,3-6,8H2,1-2H3,(H2,15,20)(H,16,17,19). The molecule has 1 fully saturated rings. The van der Waals surface area contributed by atoms with Crippen molar-refractivity contribution in [3.8, 4) is 0 Å². The lowest BCUT2D eigenvalue weighted by atomic mass is 9.96. The van der Waals surface area contributed by atoms with E-state index in [9.17, 15) is 9.59 Å². The van der Waals surface area contributed by atoms with E-state index in [0.29, 0.717) is 6.54 Å². The molecule has 6 heteroatoms. The van der Waals surface area contributed by atoms with E-state index < -0.39 is 0 Å². The number of hydrogen-bond donors (Lipinski definition) is 2. The van der Waals surface area contributed by atoms with Gasteiger partial charge in [-0.25, -0.2) is 4.98 Å². The highest BCUT2D eigenvalue weighted by atomic mass is 16.1. The summed E-state index contributed by atoms with van der Waals surface area (Å²) in [7, 11) is 0. The molecule has 110 valence electrons. The summed E-state index contributed by atoms with van der Waals surface area (Å²) in [5.74, 6) is 0.702. The van der Waals surface area contributed by atoms with E-state index in [1.165, 1.54) is 0 Å². The van der Waals surface area contributed by atoms with Gasteiger partial charge < -0.3 is 10.7 Å². The molecule has 1 saturated heterocycles. The Morgan fingerprint density at radius 2 is 2.15 bits per heavy atom. The lowest BCUT2D eigenvalue weighted by Gasteiger charge is -2.30. The van der Waals surface area contributed by atoms with Gasteiger partial charge in [0.25, 0.3) is 5.56 Å². The van der Waals surface area contributed by atoms with Crippen LogP contribution in [0.3, 0.4) is 0 Å². The highest BCUT2D eigenvalue weighted by Gasteiger charge is 2.23. The second kappa shape index (κ2) is 6.17. The fourth-order valence-electron chi connectivity index (χ4n) is 2.49. The van der Waals surface area contributed by atoms with Crippen molar-refractivity contribution >= 4 is 5.91 Å². The monoisotopic (exact) mass is 278 g/mol. The average Bonchev–Trinajstić information content (AvgIpc) is 2.38. The zero-order chi connectivity index (χ0) is 14.7. The van der Waals surface area contributed by atoms with Gasteiger partial charge >= 0.3 is 0 Å². The summed E-state index contributed by atoms with van der Waals surface area (Å²) in [6.45, 7) is 6.29. The molecular formula is C14H22N4O2. The number of amides is 1. The number of likely N-dealkylation sites (tertiary alicyclic amines) is 1. The molecule has 1 amide bonds. The minimum Gasteiger partial charge on any atom is -0.369 e. The summed E-state index contributed by atoms with van der Waals surface area (Å²) < 4.78 is 0. The summed E-state index contributed by atoms with van der Waals surface area (Å²) in [6.07, 6.45) is 1.57. The second-order valence-corrected chi connectivity index (χ2v) is 5.73. The molecule has 0 radical (unpaired) electrons. The summed E-state index contributed by atoms with van der Waals surface area (Å²) in [6, 6.07) is 1.55. The molecule has 0 aliphatic carbocycles. The normalized spacial score (nSPS) is 17.6.